The van der Waals surface area contributed by atoms with Crippen LogP contribution in [0.4, 0.5) is 0 Å². The van der Waals surface area contributed by atoms with Crippen molar-refractivity contribution in [1.82, 2.24) is 14.6 Å². The Hall–Kier alpha value is -2.64. The number of aryl methyl sites for hydroxylation is 1. The Labute approximate surface area is 159 Å². The van der Waals surface area contributed by atoms with Crippen molar-refractivity contribution in [3.8, 4) is 0 Å². The molecule has 0 aliphatic carbocycles. The van der Waals surface area contributed by atoms with Gasteiger partial charge in [0.2, 0.25) is 10.0 Å². The van der Waals surface area contributed by atoms with Crippen LogP contribution in [0.25, 0.3) is 10.9 Å². The molecule has 1 atom stereocenters. The Morgan fingerprint density at radius 3 is 2.56 bits per heavy atom. The van der Waals surface area contributed by atoms with Gasteiger partial charge in [-0.15, -0.1) is 0 Å². The van der Waals surface area contributed by atoms with Gasteiger partial charge in [-0.25, -0.2) is 13.1 Å². The average Bonchev–Trinajstić information content (AvgIpc) is 3.03. The van der Waals surface area contributed by atoms with Gasteiger partial charge in [0.25, 0.3) is 5.91 Å². The zero-order valence-corrected chi connectivity index (χ0v) is 16.2. The summed E-state index contributed by atoms with van der Waals surface area (Å²) in [5, 5.41) is 3.84. The summed E-state index contributed by atoms with van der Waals surface area (Å²) in [5.74, 6) is -0.162. The van der Waals surface area contributed by atoms with E-state index in [0.717, 1.165) is 10.9 Å². The lowest BCUT2D eigenvalue weighted by molar-refractivity contribution is 0.0940. The highest BCUT2D eigenvalue weighted by Crippen LogP contribution is 2.19. The second-order valence-electron chi connectivity index (χ2n) is 6.54. The second kappa shape index (κ2) is 7.94. The minimum Gasteiger partial charge on any atom is -0.351 e. The summed E-state index contributed by atoms with van der Waals surface area (Å²) in [6.07, 6.45) is 2.41. The second-order valence-corrected chi connectivity index (χ2v) is 8.31. The number of benzene rings is 2. The monoisotopic (exact) mass is 385 g/mol. The molecular formula is C20H23N3O3S. The lowest BCUT2D eigenvalue weighted by atomic mass is 10.1. The Bertz CT molecular complexity index is 1040. The van der Waals surface area contributed by atoms with Gasteiger partial charge < -0.3 is 9.88 Å². The van der Waals surface area contributed by atoms with Crippen molar-refractivity contribution in [2.24, 2.45) is 7.05 Å². The third-order valence-electron chi connectivity index (χ3n) is 4.47. The third-order valence-corrected chi connectivity index (χ3v) is 5.95. The van der Waals surface area contributed by atoms with E-state index in [2.05, 4.69) is 10.0 Å². The topological polar surface area (TPSA) is 80.2 Å². The summed E-state index contributed by atoms with van der Waals surface area (Å²) in [6.45, 7) is 2.11. The van der Waals surface area contributed by atoms with E-state index in [1.807, 2.05) is 42.9 Å². The standard InChI is InChI=1S/C20H23N3O3S/c1-15(11-13-21-27(25,26)16-7-4-3-5-8-16)22-20(24)18-9-6-10-19-17(18)12-14-23(19)2/h3-10,12,14-15,21H,11,13H2,1-2H3,(H,22,24)/t15-/m0/s1. The van der Waals surface area contributed by atoms with Gasteiger partial charge in [0.1, 0.15) is 0 Å². The minimum absolute atomic E-state index is 0.162. The molecular weight excluding hydrogens is 362 g/mol. The Morgan fingerprint density at radius 1 is 1.07 bits per heavy atom. The molecule has 6 nitrogen and oxygen atoms in total. The molecule has 0 spiro atoms. The summed E-state index contributed by atoms with van der Waals surface area (Å²) in [5.41, 5.74) is 1.61. The van der Waals surface area contributed by atoms with Crippen LogP contribution in [0, 0.1) is 0 Å². The molecule has 2 N–H and O–H groups in total. The molecule has 0 aliphatic heterocycles. The van der Waals surface area contributed by atoms with Gasteiger partial charge >= 0.3 is 0 Å². The lowest BCUT2D eigenvalue weighted by Gasteiger charge is -2.15. The van der Waals surface area contributed by atoms with Crippen molar-refractivity contribution in [2.75, 3.05) is 6.54 Å². The van der Waals surface area contributed by atoms with Gasteiger partial charge in [-0.05, 0) is 43.7 Å². The smallest absolute Gasteiger partial charge is 0.252 e. The first-order valence-corrected chi connectivity index (χ1v) is 10.3. The molecule has 1 amide bonds. The molecule has 0 aliphatic rings. The Balaban J connectivity index is 1.58. The highest BCUT2D eigenvalue weighted by molar-refractivity contribution is 7.89. The Kier molecular flexibility index (Phi) is 5.62. The Morgan fingerprint density at radius 2 is 1.81 bits per heavy atom. The summed E-state index contributed by atoms with van der Waals surface area (Å²) in [4.78, 5) is 12.8. The van der Waals surface area contributed by atoms with Crippen LogP contribution >= 0.6 is 0 Å². The number of nitrogens with zero attached hydrogens (tertiary/aromatic N) is 1. The fraction of sp³-hybridized carbons (Fsp3) is 0.250. The number of amides is 1. The maximum absolute atomic E-state index is 12.6. The summed E-state index contributed by atoms with van der Waals surface area (Å²) < 4.78 is 28.9. The van der Waals surface area contributed by atoms with Crippen molar-refractivity contribution in [3.63, 3.8) is 0 Å². The molecule has 1 heterocycles. The van der Waals surface area contributed by atoms with Gasteiger partial charge in [-0.2, -0.15) is 0 Å². The number of carbonyl (C=O) groups excluding carboxylic acids is 1. The van der Waals surface area contributed by atoms with E-state index in [-0.39, 0.29) is 23.4 Å². The fourth-order valence-corrected chi connectivity index (χ4v) is 4.04. The molecule has 2 aromatic carbocycles. The van der Waals surface area contributed by atoms with Gasteiger partial charge in [0.15, 0.2) is 0 Å². The number of rotatable bonds is 7. The zero-order chi connectivity index (χ0) is 19.4. The van der Waals surface area contributed by atoms with E-state index >= 15 is 0 Å². The van der Waals surface area contributed by atoms with E-state index in [1.165, 1.54) is 0 Å². The first kappa shape index (κ1) is 19.1. The predicted molar refractivity (Wildman–Crippen MR) is 106 cm³/mol. The number of fused-ring (bicyclic) bond motifs is 1. The molecule has 0 saturated heterocycles. The molecule has 142 valence electrons. The van der Waals surface area contributed by atoms with Crippen molar-refractivity contribution in [2.45, 2.75) is 24.3 Å². The minimum atomic E-state index is -3.53. The fourth-order valence-electron chi connectivity index (χ4n) is 2.97. The van der Waals surface area contributed by atoms with E-state index in [4.69, 9.17) is 0 Å². The van der Waals surface area contributed by atoms with Crippen molar-refractivity contribution >= 4 is 26.8 Å². The van der Waals surface area contributed by atoms with Crippen LogP contribution in [-0.4, -0.2) is 31.5 Å². The molecule has 3 aromatic rings. The first-order chi connectivity index (χ1) is 12.9. The number of aromatic nitrogens is 1. The predicted octanol–water partition coefficient (Wildman–Crippen LogP) is 2.67. The molecule has 7 heteroatoms. The molecule has 1 aromatic heterocycles. The van der Waals surface area contributed by atoms with Crippen LogP contribution in [-0.2, 0) is 17.1 Å². The van der Waals surface area contributed by atoms with Crippen LogP contribution in [0.2, 0.25) is 0 Å². The SMILES string of the molecule is C[C@@H](CCNS(=O)(=O)c1ccccc1)NC(=O)c1cccc2c1ccn2C. The van der Waals surface area contributed by atoms with Crippen LogP contribution in [0.5, 0.6) is 0 Å². The van der Waals surface area contributed by atoms with Gasteiger partial charge in [0.05, 0.1) is 4.90 Å². The van der Waals surface area contributed by atoms with E-state index in [1.54, 1.807) is 36.4 Å². The zero-order valence-electron chi connectivity index (χ0n) is 15.3. The average molecular weight is 385 g/mol. The van der Waals surface area contributed by atoms with Crippen molar-refractivity contribution in [1.29, 1.82) is 0 Å². The van der Waals surface area contributed by atoms with Gasteiger partial charge in [0, 0.05) is 42.3 Å². The van der Waals surface area contributed by atoms with Crippen LogP contribution in [0.1, 0.15) is 23.7 Å². The molecule has 0 fully saturated rings. The number of hydrogen-bond acceptors (Lipinski definition) is 3. The van der Waals surface area contributed by atoms with E-state index in [9.17, 15) is 13.2 Å². The number of hydrogen-bond donors (Lipinski definition) is 2. The van der Waals surface area contributed by atoms with Crippen LogP contribution in [0.15, 0.2) is 65.7 Å². The molecule has 0 unspecified atom stereocenters. The summed E-state index contributed by atoms with van der Waals surface area (Å²) in [7, 11) is -1.59. The highest BCUT2D eigenvalue weighted by atomic mass is 32.2. The van der Waals surface area contributed by atoms with Crippen LogP contribution < -0.4 is 10.0 Å². The first-order valence-electron chi connectivity index (χ1n) is 8.78. The van der Waals surface area contributed by atoms with Crippen molar-refractivity contribution < 1.29 is 13.2 Å². The maximum Gasteiger partial charge on any atom is 0.252 e. The van der Waals surface area contributed by atoms with Crippen LogP contribution in [0.3, 0.4) is 0 Å². The number of nitrogens with one attached hydrogen (secondary N) is 2. The lowest BCUT2D eigenvalue weighted by Crippen LogP contribution is -2.36. The largest absolute Gasteiger partial charge is 0.351 e. The molecule has 0 bridgehead atoms. The molecule has 0 saturated carbocycles. The normalized spacial score (nSPS) is 12.8. The highest BCUT2D eigenvalue weighted by Gasteiger charge is 2.16. The van der Waals surface area contributed by atoms with Gasteiger partial charge in [-0.3, -0.25) is 4.79 Å². The summed E-state index contributed by atoms with van der Waals surface area (Å²) in [6, 6.07) is 15.6. The molecule has 0 radical (unpaired) electrons. The molecule has 3 rings (SSSR count). The quantitative estimate of drug-likeness (QED) is 0.656. The maximum atomic E-state index is 12.6. The van der Waals surface area contributed by atoms with E-state index < -0.39 is 10.0 Å². The van der Waals surface area contributed by atoms with Crippen molar-refractivity contribution in [3.05, 3.63) is 66.4 Å². The summed E-state index contributed by atoms with van der Waals surface area (Å²) >= 11 is 0. The molecule has 27 heavy (non-hydrogen) atoms. The van der Waals surface area contributed by atoms with E-state index in [0.29, 0.717) is 12.0 Å². The van der Waals surface area contributed by atoms with Gasteiger partial charge in [-0.1, -0.05) is 24.3 Å². The number of carbonyl (C=O) groups is 1. The number of sulfonamides is 1. The third kappa shape index (κ3) is 4.37.